The predicted octanol–water partition coefficient (Wildman–Crippen LogP) is 17.1. The first-order valence-corrected chi connectivity index (χ1v) is 22.9. The molecule has 0 spiro atoms. The molecular weight excluding hydrogens is 827 g/mol. The van der Waals surface area contributed by atoms with E-state index in [1.807, 2.05) is 60.8 Å². The van der Waals surface area contributed by atoms with Crippen LogP contribution in [-0.2, 0) is 0 Å². The van der Waals surface area contributed by atoms with E-state index in [2.05, 4.69) is 199 Å². The molecule has 0 N–H and O–H groups in total. The van der Waals surface area contributed by atoms with Crippen LogP contribution in [0.4, 0.5) is 0 Å². The van der Waals surface area contributed by atoms with Gasteiger partial charge in [0, 0.05) is 44.6 Å². The minimum absolute atomic E-state index is 0.584. The number of benzene rings is 10. The zero-order valence-corrected chi connectivity index (χ0v) is 37.1. The fourth-order valence-electron chi connectivity index (χ4n) is 9.41. The van der Waals surface area contributed by atoms with Crippen LogP contribution in [-0.4, -0.2) is 14.5 Å². The van der Waals surface area contributed by atoms with Gasteiger partial charge in [0.05, 0.1) is 16.7 Å². The maximum atomic E-state index is 6.58. The maximum absolute atomic E-state index is 6.58. The molecule has 0 radical (unpaired) electrons. The van der Waals surface area contributed by atoms with Gasteiger partial charge in [0.25, 0.3) is 0 Å². The van der Waals surface area contributed by atoms with Crippen LogP contribution in [0.15, 0.2) is 266 Å². The highest BCUT2D eigenvalue weighted by Gasteiger charge is 2.23. The standard InChI is InChI=1S/C64H43N3O/c1-5-17-44(18-6-1)47-29-33-49(34-30-47)56-40-54(59-43-68-62-28-16-13-25-53(62)42-65-64(66-59)51-23-11-4-12-24-51)41-57(50-35-31-48(32-36-50)45-19-7-2-8-20-45)63(56)67-60-27-15-14-26-55(60)58-39-52(37-38-61(58)67)46-21-9-3-10-22-46/h1-43H. The zero-order chi connectivity index (χ0) is 45.2. The quantitative estimate of drug-likeness (QED) is 0.153. The van der Waals surface area contributed by atoms with Crippen molar-refractivity contribution in [3.63, 3.8) is 0 Å². The summed E-state index contributed by atoms with van der Waals surface area (Å²) in [5, 5.41) is 3.23. The Bertz CT molecular complexity index is 3700. The molecular formula is C64H43N3O. The lowest BCUT2D eigenvalue weighted by Crippen LogP contribution is -2.02. The lowest BCUT2D eigenvalue weighted by Gasteiger charge is -2.21. The van der Waals surface area contributed by atoms with Crippen molar-refractivity contribution in [1.82, 2.24) is 14.5 Å². The number of hydrogen-bond acceptors (Lipinski definition) is 3. The highest BCUT2D eigenvalue weighted by atomic mass is 16.3. The first-order valence-electron chi connectivity index (χ1n) is 22.9. The number of fused-ring (bicyclic) bond motifs is 4. The average molecular weight is 870 g/mol. The Balaban J connectivity index is 1.19. The lowest BCUT2D eigenvalue weighted by molar-refractivity contribution is 0.606. The van der Waals surface area contributed by atoms with E-state index in [-0.39, 0.29) is 0 Å². The van der Waals surface area contributed by atoms with Gasteiger partial charge in [0.15, 0.2) is 5.82 Å². The first kappa shape index (κ1) is 40.4. The van der Waals surface area contributed by atoms with Gasteiger partial charge in [-0.1, -0.05) is 206 Å². The SMILES string of the molecule is c1ccc(-c2ccc(-c3cc(-c4coc5ccccc5cnc(-c5ccccc5)n4)cc(-c4ccc(-c5ccccc5)cc4)c3-n3c4ccccc4c4cc(-c5ccccc5)ccc43)cc2)cc1. The second-order valence-electron chi connectivity index (χ2n) is 17.0. The summed E-state index contributed by atoms with van der Waals surface area (Å²) < 4.78 is 9.05. The number of nitrogens with zero attached hydrogens (tertiary/aromatic N) is 3. The van der Waals surface area contributed by atoms with Crippen LogP contribution in [0.1, 0.15) is 0 Å². The Morgan fingerprint density at radius 3 is 1.40 bits per heavy atom. The average Bonchev–Trinajstić information content (AvgIpc) is 3.79. The highest BCUT2D eigenvalue weighted by molar-refractivity contribution is 6.12. The van der Waals surface area contributed by atoms with E-state index in [1.54, 1.807) is 6.26 Å². The van der Waals surface area contributed by atoms with Crippen molar-refractivity contribution in [3.8, 4) is 84.0 Å². The summed E-state index contributed by atoms with van der Waals surface area (Å²) in [6.45, 7) is 0. The van der Waals surface area contributed by atoms with Crippen molar-refractivity contribution in [1.29, 1.82) is 0 Å². The molecule has 4 heteroatoms. The van der Waals surface area contributed by atoms with Gasteiger partial charge in [-0.3, -0.25) is 0 Å². The molecule has 0 atom stereocenters. The second-order valence-corrected chi connectivity index (χ2v) is 17.0. The molecule has 12 rings (SSSR count). The molecule has 4 nitrogen and oxygen atoms in total. The normalized spacial score (nSPS) is 11.2. The summed E-state index contributed by atoms with van der Waals surface area (Å²) in [6, 6.07) is 88.0. The Morgan fingerprint density at radius 1 is 0.338 bits per heavy atom. The predicted molar refractivity (Wildman–Crippen MR) is 282 cm³/mol. The molecule has 0 aliphatic carbocycles. The third-order valence-electron chi connectivity index (χ3n) is 12.8. The number of para-hydroxylation sites is 2. The van der Waals surface area contributed by atoms with E-state index >= 15 is 0 Å². The number of aromatic nitrogens is 3. The Kier molecular flexibility index (Phi) is 10.5. The minimum Gasteiger partial charge on any atom is -0.462 e. The van der Waals surface area contributed by atoms with Gasteiger partial charge in [-0.15, -0.1) is 0 Å². The van der Waals surface area contributed by atoms with E-state index in [0.717, 1.165) is 66.6 Å². The van der Waals surface area contributed by atoms with E-state index < -0.39 is 0 Å². The van der Waals surface area contributed by atoms with Gasteiger partial charge >= 0.3 is 0 Å². The van der Waals surface area contributed by atoms with Crippen LogP contribution < -0.4 is 0 Å². The molecule has 68 heavy (non-hydrogen) atoms. The van der Waals surface area contributed by atoms with Gasteiger partial charge < -0.3 is 8.98 Å². The lowest BCUT2D eigenvalue weighted by atomic mass is 9.90. The molecule has 0 saturated carbocycles. The third-order valence-corrected chi connectivity index (χ3v) is 12.8. The second kappa shape index (κ2) is 17.7. The van der Waals surface area contributed by atoms with Crippen LogP contribution in [0.25, 0.3) is 117 Å². The van der Waals surface area contributed by atoms with Gasteiger partial charge in [0.1, 0.15) is 17.5 Å². The van der Waals surface area contributed by atoms with Crippen molar-refractivity contribution in [2.75, 3.05) is 0 Å². The van der Waals surface area contributed by atoms with Crippen LogP contribution in [0.2, 0.25) is 0 Å². The smallest absolute Gasteiger partial charge is 0.159 e. The Morgan fingerprint density at radius 2 is 0.794 bits per heavy atom. The minimum atomic E-state index is 0.584. The van der Waals surface area contributed by atoms with E-state index in [4.69, 9.17) is 14.4 Å². The summed E-state index contributed by atoms with van der Waals surface area (Å²) in [5.41, 5.74) is 17.6. The summed E-state index contributed by atoms with van der Waals surface area (Å²) in [6.07, 6.45) is 3.62. The fraction of sp³-hybridized carbons (Fsp3) is 0. The molecule has 12 aromatic rings. The molecule has 2 heterocycles. The van der Waals surface area contributed by atoms with Gasteiger partial charge in [-0.25, -0.2) is 9.97 Å². The van der Waals surface area contributed by atoms with Crippen molar-refractivity contribution >= 4 is 32.8 Å². The van der Waals surface area contributed by atoms with Gasteiger partial charge in [-0.2, -0.15) is 0 Å². The molecule has 320 valence electrons. The largest absolute Gasteiger partial charge is 0.462 e. The molecule has 0 saturated heterocycles. The van der Waals surface area contributed by atoms with Crippen LogP contribution in [0.5, 0.6) is 0 Å². The molecule has 0 amide bonds. The van der Waals surface area contributed by atoms with Crippen molar-refractivity contribution < 1.29 is 4.42 Å². The van der Waals surface area contributed by atoms with Gasteiger partial charge in [-0.05, 0) is 87.0 Å². The summed E-state index contributed by atoms with van der Waals surface area (Å²) in [4.78, 5) is 10.4. The third kappa shape index (κ3) is 7.70. The van der Waals surface area contributed by atoms with Crippen LogP contribution in [0.3, 0.4) is 0 Å². The van der Waals surface area contributed by atoms with E-state index in [9.17, 15) is 0 Å². The monoisotopic (exact) mass is 869 g/mol. The van der Waals surface area contributed by atoms with Crippen LogP contribution >= 0.6 is 0 Å². The number of hydrogen-bond donors (Lipinski definition) is 0. The fourth-order valence-corrected chi connectivity index (χ4v) is 9.41. The van der Waals surface area contributed by atoms with Crippen LogP contribution in [0, 0.1) is 0 Å². The van der Waals surface area contributed by atoms with Crippen molar-refractivity contribution in [2.24, 2.45) is 0 Å². The maximum Gasteiger partial charge on any atom is 0.159 e. The molecule has 0 aliphatic heterocycles. The molecule has 10 aromatic carbocycles. The molecule has 2 aromatic heterocycles. The van der Waals surface area contributed by atoms with Gasteiger partial charge in [0.2, 0.25) is 0 Å². The molecule has 0 unspecified atom stereocenters. The molecule has 0 aliphatic rings. The van der Waals surface area contributed by atoms with E-state index in [0.29, 0.717) is 17.1 Å². The summed E-state index contributed by atoms with van der Waals surface area (Å²) in [7, 11) is 0. The topological polar surface area (TPSA) is 43.9 Å². The highest BCUT2D eigenvalue weighted by Crippen LogP contribution is 2.45. The first-order chi connectivity index (χ1) is 33.7. The Labute approximate surface area is 395 Å². The van der Waals surface area contributed by atoms with Crippen molar-refractivity contribution in [2.45, 2.75) is 0 Å². The Hall–Kier alpha value is -9.12. The molecule has 0 bridgehead atoms. The van der Waals surface area contributed by atoms with Crippen molar-refractivity contribution in [3.05, 3.63) is 261 Å². The zero-order valence-electron chi connectivity index (χ0n) is 37.1. The summed E-state index contributed by atoms with van der Waals surface area (Å²) in [5.74, 6) is 0.584. The van der Waals surface area contributed by atoms with E-state index in [1.165, 1.54) is 33.0 Å². The molecule has 0 fully saturated rings. The summed E-state index contributed by atoms with van der Waals surface area (Å²) >= 11 is 0. The number of rotatable bonds is 8.